The molecular weight excluding hydrogens is 358 g/mol. The number of nitrogens with zero attached hydrogens (tertiary/aromatic N) is 3. The first-order valence-corrected chi connectivity index (χ1v) is 10.2. The number of sulfonamides is 1. The molecule has 3 rings (SSSR count). The van der Waals surface area contributed by atoms with E-state index >= 15 is 0 Å². The molecule has 25 heavy (non-hydrogen) atoms. The fourth-order valence-corrected chi connectivity index (χ4v) is 5.20. The summed E-state index contributed by atoms with van der Waals surface area (Å²) in [5.74, 6) is 0. The number of aromatic nitrogens is 4. The van der Waals surface area contributed by atoms with E-state index in [1.807, 2.05) is 33.2 Å². The molecular formula is C16H21N5O2S2. The maximum Gasteiger partial charge on any atom is 0.241 e. The van der Waals surface area contributed by atoms with Crippen LogP contribution in [-0.4, -0.2) is 34.9 Å². The zero-order chi connectivity index (χ0) is 18.0. The molecule has 0 amide bonds. The summed E-state index contributed by atoms with van der Waals surface area (Å²) in [6, 6.07) is 3.60. The van der Waals surface area contributed by atoms with Crippen LogP contribution in [0.1, 0.15) is 22.6 Å². The lowest BCUT2D eigenvalue weighted by atomic mass is 10.2. The molecule has 0 spiro atoms. The second kappa shape index (κ2) is 7.11. The van der Waals surface area contributed by atoms with Crippen LogP contribution in [0, 0.1) is 13.8 Å². The fourth-order valence-electron chi connectivity index (χ4n) is 2.58. The summed E-state index contributed by atoms with van der Waals surface area (Å²) in [5, 5.41) is 11.2. The van der Waals surface area contributed by atoms with Gasteiger partial charge < -0.3 is 0 Å². The largest absolute Gasteiger partial charge is 0.282 e. The molecule has 7 nitrogen and oxygen atoms in total. The van der Waals surface area contributed by atoms with E-state index in [-0.39, 0.29) is 0 Å². The number of nitrogens with one attached hydrogen (secondary N) is 2. The molecule has 3 aromatic heterocycles. The van der Waals surface area contributed by atoms with Gasteiger partial charge in [-0.2, -0.15) is 10.2 Å². The van der Waals surface area contributed by atoms with Gasteiger partial charge in [-0.05, 0) is 44.4 Å². The minimum absolute atomic E-state index is 0.328. The number of hydrogen-bond donors (Lipinski definition) is 2. The second-order valence-corrected chi connectivity index (χ2v) is 8.98. The lowest BCUT2D eigenvalue weighted by Crippen LogP contribution is -2.25. The zero-order valence-corrected chi connectivity index (χ0v) is 16.0. The van der Waals surface area contributed by atoms with E-state index < -0.39 is 10.0 Å². The predicted octanol–water partition coefficient (Wildman–Crippen LogP) is 2.40. The van der Waals surface area contributed by atoms with Crippen molar-refractivity contribution in [2.75, 3.05) is 6.54 Å². The molecule has 0 aromatic carbocycles. The maximum atomic E-state index is 12.6. The minimum Gasteiger partial charge on any atom is -0.282 e. The maximum absolute atomic E-state index is 12.6. The second-order valence-electron chi connectivity index (χ2n) is 5.99. The molecule has 2 N–H and O–H groups in total. The highest BCUT2D eigenvalue weighted by Gasteiger charge is 2.20. The van der Waals surface area contributed by atoms with Gasteiger partial charge in [0.2, 0.25) is 10.0 Å². The Balaban J connectivity index is 1.64. The highest BCUT2D eigenvalue weighted by molar-refractivity contribution is 7.89. The van der Waals surface area contributed by atoms with Crippen LogP contribution in [0.3, 0.4) is 0 Å². The topological polar surface area (TPSA) is 92.7 Å². The molecule has 3 heterocycles. The molecule has 0 bridgehead atoms. The smallest absolute Gasteiger partial charge is 0.241 e. The van der Waals surface area contributed by atoms with E-state index in [0.717, 1.165) is 39.5 Å². The molecule has 0 radical (unpaired) electrons. The average molecular weight is 380 g/mol. The number of rotatable bonds is 7. The molecule has 134 valence electrons. The van der Waals surface area contributed by atoms with Gasteiger partial charge in [-0.25, -0.2) is 13.1 Å². The Morgan fingerprint density at radius 3 is 2.76 bits per heavy atom. The quantitative estimate of drug-likeness (QED) is 0.617. The van der Waals surface area contributed by atoms with Crippen molar-refractivity contribution in [3.8, 4) is 10.6 Å². The van der Waals surface area contributed by atoms with E-state index in [1.54, 1.807) is 16.9 Å². The third-order valence-electron chi connectivity index (χ3n) is 3.81. The lowest BCUT2D eigenvalue weighted by Gasteiger charge is -2.05. The highest BCUT2D eigenvalue weighted by atomic mass is 32.2. The Kier molecular flexibility index (Phi) is 5.07. The average Bonchev–Trinajstić information content (AvgIpc) is 3.24. The fraction of sp³-hybridized carbons (Fsp3) is 0.375. The summed E-state index contributed by atoms with van der Waals surface area (Å²) in [6.45, 7) is 4.12. The molecule has 0 aliphatic rings. The molecule has 0 aliphatic heterocycles. The summed E-state index contributed by atoms with van der Waals surface area (Å²) in [7, 11) is -1.65. The summed E-state index contributed by atoms with van der Waals surface area (Å²) in [5.41, 5.74) is 2.81. The van der Waals surface area contributed by atoms with Crippen LogP contribution in [0.4, 0.5) is 0 Å². The van der Waals surface area contributed by atoms with Gasteiger partial charge in [0.05, 0.1) is 16.0 Å². The molecule has 0 atom stereocenters. The van der Waals surface area contributed by atoms with Crippen LogP contribution in [0.5, 0.6) is 0 Å². The monoisotopic (exact) mass is 379 g/mol. The lowest BCUT2D eigenvalue weighted by molar-refractivity contribution is 0.579. The third-order valence-corrected chi connectivity index (χ3v) is 6.60. The standard InChI is InChI=1S/C16H21N5O2S2/c1-11-7-14(20-19-11)15-8-16(12(2)24-15)25(22,23)18-6-4-5-13-9-17-21(3)10-13/h7-10,18H,4-6H2,1-3H3,(H,19,20). The minimum atomic E-state index is -3.52. The van der Waals surface area contributed by atoms with Crippen LogP contribution >= 0.6 is 11.3 Å². The van der Waals surface area contributed by atoms with Crippen molar-refractivity contribution >= 4 is 21.4 Å². The predicted molar refractivity (Wildman–Crippen MR) is 98.1 cm³/mol. The van der Waals surface area contributed by atoms with E-state index in [0.29, 0.717) is 11.4 Å². The van der Waals surface area contributed by atoms with Crippen molar-refractivity contribution in [3.05, 3.63) is 40.7 Å². The van der Waals surface area contributed by atoms with E-state index in [4.69, 9.17) is 0 Å². The van der Waals surface area contributed by atoms with Crippen molar-refractivity contribution in [1.82, 2.24) is 24.7 Å². The van der Waals surface area contributed by atoms with Gasteiger partial charge in [0.25, 0.3) is 0 Å². The highest BCUT2D eigenvalue weighted by Crippen LogP contribution is 2.32. The van der Waals surface area contributed by atoms with Gasteiger partial charge in [-0.15, -0.1) is 11.3 Å². The molecule has 0 saturated carbocycles. The summed E-state index contributed by atoms with van der Waals surface area (Å²) >= 11 is 1.43. The molecule has 0 unspecified atom stereocenters. The Hall–Kier alpha value is -1.97. The van der Waals surface area contributed by atoms with Crippen LogP contribution in [-0.2, 0) is 23.5 Å². The van der Waals surface area contributed by atoms with Crippen LogP contribution in [0.2, 0.25) is 0 Å². The van der Waals surface area contributed by atoms with Crippen molar-refractivity contribution in [2.45, 2.75) is 31.6 Å². The first kappa shape index (κ1) is 17.8. The van der Waals surface area contributed by atoms with E-state index in [1.165, 1.54) is 11.3 Å². The summed E-state index contributed by atoms with van der Waals surface area (Å²) in [6.07, 6.45) is 5.25. The molecule has 0 saturated heterocycles. The Labute approximate surface area is 151 Å². The van der Waals surface area contributed by atoms with Crippen LogP contribution in [0.15, 0.2) is 29.4 Å². The van der Waals surface area contributed by atoms with Crippen LogP contribution in [0.25, 0.3) is 10.6 Å². The summed E-state index contributed by atoms with van der Waals surface area (Å²) in [4.78, 5) is 1.93. The van der Waals surface area contributed by atoms with Gasteiger partial charge >= 0.3 is 0 Å². The van der Waals surface area contributed by atoms with Gasteiger partial charge in [-0.3, -0.25) is 9.78 Å². The number of H-pyrrole nitrogens is 1. The van der Waals surface area contributed by atoms with Gasteiger partial charge in [0, 0.05) is 30.4 Å². The van der Waals surface area contributed by atoms with Crippen molar-refractivity contribution in [1.29, 1.82) is 0 Å². The normalized spacial score (nSPS) is 12.0. The SMILES string of the molecule is Cc1cc(-c2cc(S(=O)(=O)NCCCc3cnn(C)c3)c(C)s2)n[nH]1. The number of aryl methyl sites for hydroxylation is 4. The van der Waals surface area contributed by atoms with Crippen molar-refractivity contribution < 1.29 is 8.42 Å². The van der Waals surface area contributed by atoms with E-state index in [9.17, 15) is 8.42 Å². The number of aromatic amines is 1. The Bertz CT molecular complexity index is 968. The summed E-state index contributed by atoms with van der Waals surface area (Å²) < 4.78 is 29.6. The van der Waals surface area contributed by atoms with Crippen molar-refractivity contribution in [3.63, 3.8) is 0 Å². The first-order valence-electron chi connectivity index (χ1n) is 7.95. The Morgan fingerprint density at radius 1 is 1.32 bits per heavy atom. The molecule has 0 fully saturated rings. The zero-order valence-electron chi connectivity index (χ0n) is 14.4. The Morgan fingerprint density at radius 2 is 2.12 bits per heavy atom. The van der Waals surface area contributed by atoms with Gasteiger partial charge in [0.1, 0.15) is 5.69 Å². The van der Waals surface area contributed by atoms with Crippen molar-refractivity contribution in [2.24, 2.45) is 7.05 Å². The van der Waals surface area contributed by atoms with Crippen LogP contribution < -0.4 is 4.72 Å². The number of thiophene rings is 1. The molecule has 0 aliphatic carbocycles. The third kappa shape index (κ3) is 4.17. The number of hydrogen-bond acceptors (Lipinski definition) is 5. The first-order chi connectivity index (χ1) is 11.8. The van der Waals surface area contributed by atoms with Gasteiger partial charge in [0.15, 0.2) is 0 Å². The molecule has 9 heteroatoms. The van der Waals surface area contributed by atoms with Gasteiger partial charge in [-0.1, -0.05) is 0 Å². The molecule has 3 aromatic rings. The van der Waals surface area contributed by atoms with E-state index in [2.05, 4.69) is 20.0 Å².